The maximum Gasteiger partial charge on any atom is 0.223 e. The number of amides is 2. The van der Waals surface area contributed by atoms with Crippen LogP contribution in [0.25, 0.3) is 0 Å². The summed E-state index contributed by atoms with van der Waals surface area (Å²) in [4.78, 5) is 25.2. The highest BCUT2D eigenvalue weighted by atomic mass is 16.3. The normalized spacial score (nSPS) is 29.1. The summed E-state index contributed by atoms with van der Waals surface area (Å²) >= 11 is 0. The molecule has 1 aliphatic carbocycles. The summed E-state index contributed by atoms with van der Waals surface area (Å²) in [6.45, 7) is 2.90. The molecule has 1 heterocycles. The molecule has 2 fully saturated rings. The van der Waals surface area contributed by atoms with E-state index in [1.807, 2.05) is 0 Å². The van der Waals surface area contributed by atoms with E-state index in [1.54, 1.807) is 11.8 Å². The first-order valence-electron chi connectivity index (χ1n) is 7.32. The summed E-state index contributed by atoms with van der Waals surface area (Å²) in [6, 6.07) is -0.0768. The third-order valence-electron chi connectivity index (χ3n) is 4.37. The molecule has 0 bridgehead atoms. The van der Waals surface area contributed by atoms with E-state index in [9.17, 15) is 14.7 Å². The summed E-state index contributed by atoms with van der Waals surface area (Å²) in [7, 11) is 0. The lowest BCUT2D eigenvalue weighted by Gasteiger charge is -2.33. The average Bonchev–Trinajstić information content (AvgIpc) is 2.41. The quantitative estimate of drug-likeness (QED) is 0.773. The molecule has 5 nitrogen and oxygen atoms in total. The Labute approximate surface area is 114 Å². The highest BCUT2D eigenvalue weighted by Gasteiger charge is 2.30. The molecule has 2 N–H and O–H groups in total. The second-order valence-corrected chi connectivity index (χ2v) is 5.75. The standard InChI is InChI=1S/C14H24N2O3/c1-10(17)16-8-6-11(7-9-16)14(19)15-12-4-2-3-5-13(12)18/h11-13,18H,2-9H2,1H3,(H,15,19). The molecule has 0 radical (unpaired) electrons. The van der Waals surface area contributed by atoms with Gasteiger partial charge in [-0.15, -0.1) is 0 Å². The van der Waals surface area contributed by atoms with Crippen molar-refractivity contribution in [2.75, 3.05) is 13.1 Å². The molecule has 0 spiro atoms. The third-order valence-corrected chi connectivity index (χ3v) is 4.37. The van der Waals surface area contributed by atoms with Gasteiger partial charge in [0.05, 0.1) is 12.1 Å². The van der Waals surface area contributed by atoms with Gasteiger partial charge in [0, 0.05) is 25.9 Å². The van der Waals surface area contributed by atoms with Gasteiger partial charge in [0.1, 0.15) is 0 Å². The maximum absolute atomic E-state index is 12.2. The first-order valence-corrected chi connectivity index (χ1v) is 7.32. The van der Waals surface area contributed by atoms with Crippen LogP contribution >= 0.6 is 0 Å². The number of hydrogen-bond acceptors (Lipinski definition) is 3. The number of nitrogens with zero attached hydrogens (tertiary/aromatic N) is 1. The lowest BCUT2D eigenvalue weighted by Crippen LogP contribution is -2.49. The maximum atomic E-state index is 12.2. The topological polar surface area (TPSA) is 69.6 Å². The van der Waals surface area contributed by atoms with E-state index < -0.39 is 6.10 Å². The number of nitrogens with one attached hydrogen (secondary N) is 1. The minimum atomic E-state index is -0.394. The minimum Gasteiger partial charge on any atom is -0.391 e. The molecule has 2 aliphatic rings. The average molecular weight is 268 g/mol. The highest BCUT2D eigenvalue weighted by molar-refractivity contribution is 5.80. The Morgan fingerprint density at radius 3 is 2.32 bits per heavy atom. The Morgan fingerprint density at radius 2 is 1.74 bits per heavy atom. The van der Waals surface area contributed by atoms with Crippen LogP contribution in [0.2, 0.25) is 0 Å². The van der Waals surface area contributed by atoms with Gasteiger partial charge in [-0.3, -0.25) is 9.59 Å². The summed E-state index contributed by atoms with van der Waals surface area (Å²) in [5.41, 5.74) is 0. The van der Waals surface area contributed by atoms with E-state index in [0.29, 0.717) is 13.1 Å². The monoisotopic (exact) mass is 268 g/mol. The van der Waals surface area contributed by atoms with Gasteiger partial charge < -0.3 is 15.3 Å². The SMILES string of the molecule is CC(=O)N1CCC(C(=O)NC2CCCCC2O)CC1. The van der Waals surface area contributed by atoms with Crippen LogP contribution in [-0.2, 0) is 9.59 Å². The first kappa shape index (κ1) is 14.3. The van der Waals surface area contributed by atoms with Gasteiger partial charge in [0.2, 0.25) is 11.8 Å². The number of piperidine rings is 1. The lowest BCUT2D eigenvalue weighted by atomic mass is 9.90. The number of aliphatic hydroxyl groups is 1. The Bertz CT molecular complexity index is 338. The number of likely N-dealkylation sites (tertiary alicyclic amines) is 1. The lowest BCUT2D eigenvalue weighted by molar-refractivity contribution is -0.134. The Balaban J connectivity index is 1.79. The molecule has 2 rings (SSSR count). The molecule has 1 saturated carbocycles. The van der Waals surface area contributed by atoms with Crippen molar-refractivity contribution >= 4 is 11.8 Å². The zero-order valence-corrected chi connectivity index (χ0v) is 11.6. The van der Waals surface area contributed by atoms with E-state index in [1.165, 1.54) is 0 Å². The van der Waals surface area contributed by atoms with Gasteiger partial charge in [-0.05, 0) is 25.7 Å². The van der Waals surface area contributed by atoms with Crippen molar-refractivity contribution in [2.24, 2.45) is 5.92 Å². The minimum absolute atomic E-state index is 0.00951. The Hall–Kier alpha value is -1.10. The third kappa shape index (κ3) is 3.69. The van der Waals surface area contributed by atoms with E-state index in [4.69, 9.17) is 0 Å². The largest absolute Gasteiger partial charge is 0.391 e. The molecule has 1 aliphatic heterocycles. The van der Waals surface area contributed by atoms with Crippen molar-refractivity contribution in [3.05, 3.63) is 0 Å². The van der Waals surface area contributed by atoms with Crippen LogP contribution in [0.5, 0.6) is 0 Å². The smallest absolute Gasteiger partial charge is 0.223 e. The van der Waals surface area contributed by atoms with E-state index in [2.05, 4.69) is 5.32 Å². The van der Waals surface area contributed by atoms with Crippen LogP contribution < -0.4 is 5.32 Å². The fraction of sp³-hybridized carbons (Fsp3) is 0.857. The molecule has 1 saturated heterocycles. The van der Waals surface area contributed by atoms with Gasteiger partial charge in [-0.2, -0.15) is 0 Å². The van der Waals surface area contributed by atoms with Gasteiger partial charge in [0.25, 0.3) is 0 Å². The van der Waals surface area contributed by atoms with Gasteiger partial charge >= 0.3 is 0 Å². The summed E-state index contributed by atoms with van der Waals surface area (Å²) < 4.78 is 0. The fourth-order valence-electron chi connectivity index (χ4n) is 3.04. The zero-order valence-electron chi connectivity index (χ0n) is 11.6. The molecule has 0 aromatic heterocycles. The summed E-state index contributed by atoms with van der Waals surface area (Å²) in [6.07, 6.45) is 4.85. The van der Waals surface area contributed by atoms with Gasteiger partial charge in [-0.25, -0.2) is 0 Å². The molecule has 2 amide bonds. The van der Waals surface area contributed by atoms with Crippen molar-refractivity contribution in [3.63, 3.8) is 0 Å². The molecule has 0 aromatic rings. The van der Waals surface area contributed by atoms with E-state index in [0.717, 1.165) is 38.5 Å². The second kappa shape index (κ2) is 6.37. The van der Waals surface area contributed by atoms with Crippen LogP contribution in [0.3, 0.4) is 0 Å². The number of aliphatic hydroxyl groups excluding tert-OH is 1. The fourth-order valence-corrected chi connectivity index (χ4v) is 3.04. The number of carbonyl (C=O) groups is 2. The van der Waals surface area contributed by atoms with Crippen molar-refractivity contribution < 1.29 is 14.7 Å². The van der Waals surface area contributed by atoms with E-state index >= 15 is 0 Å². The molecule has 2 unspecified atom stereocenters. The van der Waals surface area contributed by atoms with Gasteiger partial charge in [0.15, 0.2) is 0 Å². The summed E-state index contributed by atoms with van der Waals surface area (Å²) in [5.74, 6) is 0.125. The van der Waals surface area contributed by atoms with Crippen LogP contribution in [0.1, 0.15) is 45.4 Å². The number of hydrogen-bond donors (Lipinski definition) is 2. The van der Waals surface area contributed by atoms with Gasteiger partial charge in [-0.1, -0.05) is 12.8 Å². The summed E-state index contributed by atoms with van der Waals surface area (Å²) in [5, 5.41) is 12.9. The second-order valence-electron chi connectivity index (χ2n) is 5.75. The van der Waals surface area contributed by atoms with Crippen molar-refractivity contribution in [1.29, 1.82) is 0 Å². The molecule has 2 atom stereocenters. The molecular formula is C14H24N2O3. The molecule has 5 heteroatoms. The zero-order chi connectivity index (χ0) is 13.8. The van der Waals surface area contributed by atoms with Crippen molar-refractivity contribution in [2.45, 2.75) is 57.6 Å². The molecular weight excluding hydrogens is 244 g/mol. The predicted octanol–water partition coefficient (Wildman–Crippen LogP) is 0.665. The van der Waals surface area contributed by atoms with Crippen LogP contribution in [-0.4, -0.2) is 47.1 Å². The molecule has 19 heavy (non-hydrogen) atoms. The Morgan fingerprint density at radius 1 is 1.11 bits per heavy atom. The van der Waals surface area contributed by atoms with Crippen LogP contribution in [0, 0.1) is 5.92 Å². The van der Waals surface area contributed by atoms with Crippen LogP contribution in [0.15, 0.2) is 0 Å². The number of rotatable bonds is 2. The highest BCUT2D eigenvalue weighted by Crippen LogP contribution is 2.21. The number of carbonyl (C=O) groups excluding carboxylic acids is 2. The van der Waals surface area contributed by atoms with Crippen LogP contribution in [0.4, 0.5) is 0 Å². The molecule has 108 valence electrons. The molecule has 0 aromatic carbocycles. The van der Waals surface area contributed by atoms with Crippen molar-refractivity contribution in [3.8, 4) is 0 Å². The predicted molar refractivity (Wildman–Crippen MR) is 71.4 cm³/mol. The van der Waals surface area contributed by atoms with E-state index in [-0.39, 0.29) is 23.8 Å². The Kier molecular flexibility index (Phi) is 4.80. The van der Waals surface area contributed by atoms with Crippen molar-refractivity contribution in [1.82, 2.24) is 10.2 Å². The first-order chi connectivity index (χ1) is 9.08.